The number of nitrogen functional groups attached to an aromatic ring is 1. The molecule has 0 unspecified atom stereocenters. The Labute approximate surface area is 102 Å². The first-order valence-electron chi connectivity index (χ1n) is 4.76. The molecule has 2 rings (SSSR count). The van der Waals surface area contributed by atoms with Crippen molar-refractivity contribution in [3.8, 4) is 0 Å². The second-order valence-corrected chi connectivity index (χ2v) is 4.23. The summed E-state index contributed by atoms with van der Waals surface area (Å²) in [6.45, 7) is 0. The fourth-order valence-electron chi connectivity index (χ4n) is 1.05. The molecule has 0 atom stereocenters. The van der Waals surface area contributed by atoms with Crippen LogP contribution in [-0.4, -0.2) is 39.0 Å². The van der Waals surface area contributed by atoms with Gasteiger partial charge in [0.15, 0.2) is 5.16 Å². The summed E-state index contributed by atoms with van der Waals surface area (Å²) in [5, 5.41) is 1.23. The minimum atomic E-state index is 0.317. The Hall–Kier alpha value is -1.87. The standard InChI is InChI=1S/C8H12N8S/c1-16(2)6-12-5(15-9)13-8(14-6)17-7-10-3-4-11-7/h3-4H,9H2,1-2H3,(H,10,11)(H,12,13,14,15). The molecule has 0 fully saturated rings. The van der Waals surface area contributed by atoms with Gasteiger partial charge >= 0.3 is 0 Å². The number of anilines is 2. The number of nitrogens with two attached hydrogens (primary N) is 1. The highest BCUT2D eigenvalue weighted by atomic mass is 32.2. The summed E-state index contributed by atoms with van der Waals surface area (Å²) < 4.78 is 0. The van der Waals surface area contributed by atoms with E-state index in [0.717, 1.165) is 0 Å². The second kappa shape index (κ2) is 4.97. The number of hydrogen-bond acceptors (Lipinski definition) is 8. The number of nitrogens with one attached hydrogen (secondary N) is 2. The lowest BCUT2D eigenvalue weighted by molar-refractivity contribution is 0.861. The molecule has 2 heterocycles. The van der Waals surface area contributed by atoms with Gasteiger partial charge in [-0.1, -0.05) is 0 Å². The van der Waals surface area contributed by atoms with Crippen LogP contribution in [0.15, 0.2) is 22.7 Å². The summed E-state index contributed by atoms with van der Waals surface area (Å²) in [5.41, 5.74) is 2.41. The number of nitrogens with zero attached hydrogens (tertiary/aromatic N) is 5. The molecule has 0 amide bonds. The van der Waals surface area contributed by atoms with Gasteiger partial charge in [0.2, 0.25) is 17.1 Å². The van der Waals surface area contributed by atoms with E-state index in [9.17, 15) is 0 Å². The predicted molar refractivity (Wildman–Crippen MR) is 64.7 cm³/mol. The van der Waals surface area contributed by atoms with Crippen molar-refractivity contribution >= 4 is 23.7 Å². The topological polar surface area (TPSA) is 109 Å². The summed E-state index contributed by atoms with van der Waals surface area (Å²) in [4.78, 5) is 21.3. The maximum absolute atomic E-state index is 5.31. The lowest BCUT2D eigenvalue weighted by Crippen LogP contribution is -2.17. The third-order valence-corrected chi connectivity index (χ3v) is 2.58. The smallest absolute Gasteiger partial charge is 0.242 e. The number of imidazole rings is 1. The van der Waals surface area contributed by atoms with E-state index in [1.165, 1.54) is 11.8 Å². The summed E-state index contributed by atoms with van der Waals surface area (Å²) in [7, 11) is 3.69. The van der Waals surface area contributed by atoms with Crippen LogP contribution < -0.4 is 16.2 Å². The molecule has 4 N–H and O–H groups in total. The maximum Gasteiger partial charge on any atom is 0.242 e. The lowest BCUT2D eigenvalue weighted by atomic mass is 10.8. The number of H-pyrrole nitrogens is 1. The minimum Gasteiger partial charge on any atom is -0.347 e. The van der Waals surface area contributed by atoms with Gasteiger partial charge in [-0.3, -0.25) is 5.43 Å². The molecule has 90 valence electrons. The molecule has 2 aromatic rings. The molecule has 0 aliphatic carbocycles. The average Bonchev–Trinajstić information content (AvgIpc) is 2.81. The van der Waals surface area contributed by atoms with Crippen LogP contribution in [0.25, 0.3) is 0 Å². The number of rotatable bonds is 4. The minimum absolute atomic E-state index is 0.317. The van der Waals surface area contributed by atoms with Crippen LogP contribution >= 0.6 is 11.8 Å². The van der Waals surface area contributed by atoms with E-state index in [1.807, 2.05) is 14.1 Å². The van der Waals surface area contributed by atoms with Crippen molar-refractivity contribution in [3.63, 3.8) is 0 Å². The van der Waals surface area contributed by atoms with Crippen LogP contribution in [0.2, 0.25) is 0 Å². The Balaban J connectivity index is 2.29. The number of hydrogen-bond donors (Lipinski definition) is 3. The van der Waals surface area contributed by atoms with Crippen LogP contribution in [0.3, 0.4) is 0 Å². The summed E-state index contributed by atoms with van der Waals surface area (Å²) in [6, 6.07) is 0. The van der Waals surface area contributed by atoms with Gasteiger partial charge < -0.3 is 9.88 Å². The Morgan fingerprint density at radius 2 is 2.18 bits per heavy atom. The quantitative estimate of drug-likeness (QED) is 0.519. The molecule has 0 saturated carbocycles. The van der Waals surface area contributed by atoms with Gasteiger partial charge in [0, 0.05) is 26.5 Å². The zero-order valence-electron chi connectivity index (χ0n) is 9.38. The zero-order valence-corrected chi connectivity index (χ0v) is 10.2. The SMILES string of the molecule is CN(C)c1nc(NN)nc(Sc2ncc[nH]2)n1. The van der Waals surface area contributed by atoms with Gasteiger partial charge in [0.05, 0.1) is 0 Å². The van der Waals surface area contributed by atoms with E-state index in [2.05, 4.69) is 30.3 Å². The molecule has 0 aliphatic rings. The van der Waals surface area contributed by atoms with Crippen LogP contribution in [0, 0.1) is 0 Å². The van der Waals surface area contributed by atoms with Gasteiger partial charge in [-0.25, -0.2) is 10.8 Å². The lowest BCUT2D eigenvalue weighted by Gasteiger charge is -2.11. The highest BCUT2D eigenvalue weighted by Gasteiger charge is 2.09. The van der Waals surface area contributed by atoms with E-state index >= 15 is 0 Å². The van der Waals surface area contributed by atoms with E-state index in [4.69, 9.17) is 5.84 Å². The molecule has 2 aromatic heterocycles. The molecule has 0 saturated heterocycles. The molecule has 0 spiro atoms. The van der Waals surface area contributed by atoms with E-state index in [-0.39, 0.29) is 0 Å². The largest absolute Gasteiger partial charge is 0.347 e. The molecule has 17 heavy (non-hydrogen) atoms. The van der Waals surface area contributed by atoms with Crippen molar-refractivity contribution in [2.24, 2.45) is 5.84 Å². The Morgan fingerprint density at radius 1 is 1.35 bits per heavy atom. The van der Waals surface area contributed by atoms with Crippen molar-refractivity contribution in [2.45, 2.75) is 10.3 Å². The van der Waals surface area contributed by atoms with Crippen molar-refractivity contribution < 1.29 is 0 Å². The normalized spacial score (nSPS) is 10.3. The number of hydrazine groups is 1. The van der Waals surface area contributed by atoms with Gasteiger partial charge in [0.1, 0.15) is 0 Å². The fourth-order valence-corrected chi connectivity index (χ4v) is 1.72. The van der Waals surface area contributed by atoms with E-state index in [0.29, 0.717) is 22.2 Å². The molecule has 0 bridgehead atoms. The Morgan fingerprint density at radius 3 is 2.76 bits per heavy atom. The van der Waals surface area contributed by atoms with E-state index in [1.54, 1.807) is 17.3 Å². The molecule has 0 radical (unpaired) electrons. The van der Waals surface area contributed by atoms with Crippen molar-refractivity contribution in [3.05, 3.63) is 12.4 Å². The predicted octanol–water partition coefficient (Wildman–Crippen LogP) is 0.0975. The third kappa shape index (κ3) is 2.82. The van der Waals surface area contributed by atoms with Crippen molar-refractivity contribution in [2.75, 3.05) is 24.4 Å². The van der Waals surface area contributed by atoms with Crippen LogP contribution in [0.5, 0.6) is 0 Å². The maximum atomic E-state index is 5.31. The Bertz CT molecular complexity index is 482. The van der Waals surface area contributed by atoms with Crippen LogP contribution in [0.4, 0.5) is 11.9 Å². The van der Waals surface area contributed by atoms with Crippen molar-refractivity contribution in [1.82, 2.24) is 24.9 Å². The van der Waals surface area contributed by atoms with Crippen molar-refractivity contribution in [1.29, 1.82) is 0 Å². The first kappa shape index (κ1) is 11.6. The summed E-state index contributed by atoms with van der Waals surface area (Å²) in [6.07, 6.45) is 3.40. The third-order valence-electron chi connectivity index (χ3n) is 1.79. The second-order valence-electron chi connectivity index (χ2n) is 3.28. The highest BCUT2D eigenvalue weighted by molar-refractivity contribution is 7.99. The molecule has 0 aromatic carbocycles. The monoisotopic (exact) mass is 252 g/mol. The number of aromatic nitrogens is 5. The molecule has 8 nitrogen and oxygen atoms in total. The zero-order chi connectivity index (χ0) is 12.3. The molecule has 9 heteroatoms. The highest BCUT2D eigenvalue weighted by Crippen LogP contribution is 2.22. The van der Waals surface area contributed by atoms with Crippen LogP contribution in [0.1, 0.15) is 0 Å². The van der Waals surface area contributed by atoms with E-state index < -0.39 is 0 Å². The average molecular weight is 252 g/mol. The Kier molecular flexibility index (Phi) is 3.40. The first-order chi connectivity index (χ1) is 8.19. The molecular formula is C8H12N8S. The van der Waals surface area contributed by atoms with Gasteiger partial charge in [-0.2, -0.15) is 15.0 Å². The van der Waals surface area contributed by atoms with Gasteiger partial charge in [-0.05, 0) is 11.8 Å². The first-order valence-corrected chi connectivity index (χ1v) is 5.58. The summed E-state index contributed by atoms with van der Waals surface area (Å²) in [5.74, 6) is 6.15. The number of aromatic amines is 1. The van der Waals surface area contributed by atoms with Gasteiger partial charge in [0.25, 0.3) is 0 Å². The molecule has 0 aliphatic heterocycles. The molecular weight excluding hydrogens is 240 g/mol. The van der Waals surface area contributed by atoms with Crippen LogP contribution in [-0.2, 0) is 0 Å². The fraction of sp³-hybridized carbons (Fsp3) is 0.250. The summed E-state index contributed by atoms with van der Waals surface area (Å²) >= 11 is 1.30. The van der Waals surface area contributed by atoms with Gasteiger partial charge in [-0.15, -0.1) is 0 Å².